The van der Waals surface area contributed by atoms with E-state index in [1.54, 1.807) is 0 Å². The molecule has 7 heteroatoms. The molecular formula is C30H33NO6. The number of hydrogen-bond acceptors (Lipinski definition) is 5. The molecule has 0 saturated carbocycles. The van der Waals surface area contributed by atoms with E-state index in [4.69, 9.17) is 19.3 Å². The normalized spacial score (nSPS) is 11.8. The van der Waals surface area contributed by atoms with Crippen molar-refractivity contribution in [2.75, 3.05) is 19.9 Å². The van der Waals surface area contributed by atoms with Crippen LogP contribution in [-0.2, 0) is 11.3 Å². The average molecular weight is 504 g/mol. The lowest BCUT2D eigenvalue weighted by Gasteiger charge is -2.23. The first-order valence-electron chi connectivity index (χ1n) is 12.8. The van der Waals surface area contributed by atoms with E-state index in [9.17, 15) is 9.59 Å². The Morgan fingerprint density at radius 2 is 1.62 bits per heavy atom. The first-order chi connectivity index (χ1) is 18.0. The largest absolute Gasteiger partial charge is 0.494 e. The molecule has 1 amide bonds. The number of ether oxygens (including phenoxy) is 3. The molecule has 1 aliphatic rings. The summed E-state index contributed by atoms with van der Waals surface area (Å²) in [6.07, 6.45) is 3.38. The van der Waals surface area contributed by atoms with Crippen LogP contribution in [-0.4, -0.2) is 41.8 Å². The molecule has 0 radical (unpaired) electrons. The summed E-state index contributed by atoms with van der Waals surface area (Å²) in [4.78, 5) is 25.7. The molecule has 0 bridgehead atoms. The summed E-state index contributed by atoms with van der Waals surface area (Å²) < 4.78 is 16.6. The van der Waals surface area contributed by atoms with Crippen molar-refractivity contribution in [1.29, 1.82) is 0 Å². The monoisotopic (exact) mass is 503 g/mol. The molecule has 0 unspecified atom stereocenters. The number of unbranched alkanes of at least 4 members (excludes halogenated alkanes) is 2. The fraction of sp³-hybridized carbons (Fsp3) is 0.333. The van der Waals surface area contributed by atoms with E-state index in [0.29, 0.717) is 31.7 Å². The van der Waals surface area contributed by atoms with Crippen molar-refractivity contribution in [2.45, 2.75) is 45.6 Å². The van der Waals surface area contributed by atoms with Crippen LogP contribution in [0.1, 0.15) is 54.9 Å². The Morgan fingerprint density at radius 3 is 2.35 bits per heavy atom. The van der Waals surface area contributed by atoms with Crippen molar-refractivity contribution >= 4 is 11.9 Å². The molecule has 0 aliphatic carbocycles. The molecular weight excluding hydrogens is 470 g/mol. The number of nitrogens with zero attached hydrogens (tertiary/aromatic N) is 1. The number of amides is 1. The van der Waals surface area contributed by atoms with E-state index < -0.39 is 5.97 Å². The number of benzene rings is 3. The zero-order valence-electron chi connectivity index (χ0n) is 21.2. The molecule has 0 atom stereocenters. The van der Waals surface area contributed by atoms with Gasteiger partial charge in [-0.1, -0.05) is 37.3 Å². The third-order valence-corrected chi connectivity index (χ3v) is 6.22. The van der Waals surface area contributed by atoms with Gasteiger partial charge in [0.05, 0.1) is 6.61 Å². The Hall–Kier alpha value is -4.00. The summed E-state index contributed by atoms with van der Waals surface area (Å²) in [5, 5.41) is 8.69. The van der Waals surface area contributed by atoms with Crippen LogP contribution < -0.4 is 14.2 Å². The van der Waals surface area contributed by atoms with Crippen LogP contribution in [0.5, 0.6) is 17.2 Å². The summed E-state index contributed by atoms with van der Waals surface area (Å²) >= 11 is 0. The molecule has 1 aliphatic heterocycles. The second-order valence-corrected chi connectivity index (χ2v) is 9.07. The Kier molecular flexibility index (Phi) is 9.03. The van der Waals surface area contributed by atoms with E-state index in [-0.39, 0.29) is 19.1 Å². The van der Waals surface area contributed by atoms with Crippen molar-refractivity contribution in [2.24, 2.45) is 0 Å². The van der Waals surface area contributed by atoms with Crippen LogP contribution in [0, 0.1) is 0 Å². The lowest BCUT2D eigenvalue weighted by Crippen LogP contribution is -2.31. The Bertz CT molecular complexity index is 1190. The minimum absolute atomic E-state index is 0.000717. The maximum absolute atomic E-state index is 13.3. The number of aliphatic carboxylic acids is 1. The molecule has 0 fully saturated rings. The molecule has 4 rings (SSSR count). The van der Waals surface area contributed by atoms with Gasteiger partial charge in [0, 0.05) is 25.1 Å². The Labute approximate surface area is 217 Å². The van der Waals surface area contributed by atoms with Crippen LogP contribution in [0.3, 0.4) is 0 Å². The molecule has 0 spiro atoms. The number of carboxylic acid groups (broad SMARTS) is 1. The summed E-state index contributed by atoms with van der Waals surface area (Å²) in [7, 11) is 0. The summed E-state index contributed by atoms with van der Waals surface area (Å²) in [6.45, 7) is 4.05. The maximum atomic E-state index is 13.3. The SMILES string of the molecule is CCCN(Cc1ccc(OCCCCCC(=O)O)cc1)C(=O)c1ccc(-c2ccc3c(c2)OCO3)cc1. The molecule has 0 saturated heterocycles. The zero-order valence-corrected chi connectivity index (χ0v) is 21.2. The third kappa shape index (κ3) is 7.26. The van der Waals surface area contributed by atoms with Gasteiger partial charge in [0.2, 0.25) is 6.79 Å². The van der Waals surface area contributed by atoms with Crippen LogP contribution in [0.4, 0.5) is 0 Å². The second-order valence-electron chi connectivity index (χ2n) is 9.07. The number of rotatable bonds is 13. The highest BCUT2D eigenvalue weighted by atomic mass is 16.7. The molecule has 7 nitrogen and oxygen atoms in total. The average Bonchev–Trinajstić information content (AvgIpc) is 3.39. The number of hydrogen-bond donors (Lipinski definition) is 1. The summed E-state index contributed by atoms with van der Waals surface area (Å²) in [5.74, 6) is 1.50. The zero-order chi connectivity index (χ0) is 26.0. The van der Waals surface area contributed by atoms with Crippen molar-refractivity contribution in [3.05, 3.63) is 77.9 Å². The highest BCUT2D eigenvalue weighted by molar-refractivity contribution is 5.94. The van der Waals surface area contributed by atoms with Gasteiger partial charge in [-0.25, -0.2) is 0 Å². The Morgan fingerprint density at radius 1 is 0.892 bits per heavy atom. The number of fused-ring (bicyclic) bond motifs is 1. The molecule has 194 valence electrons. The van der Waals surface area contributed by atoms with E-state index in [2.05, 4.69) is 6.92 Å². The van der Waals surface area contributed by atoms with Crippen molar-refractivity contribution in [1.82, 2.24) is 4.90 Å². The predicted octanol–water partition coefficient (Wildman–Crippen LogP) is 6.16. The molecule has 1 N–H and O–H groups in total. The molecule has 37 heavy (non-hydrogen) atoms. The second kappa shape index (κ2) is 12.8. The fourth-order valence-corrected chi connectivity index (χ4v) is 4.24. The van der Waals surface area contributed by atoms with Crippen LogP contribution in [0.25, 0.3) is 11.1 Å². The molecule has 3 aromatic rings. The minimum atomic E-state index is -0.759. The van der Waals surface area contributed by atoms with Gasteiger partial charge in [0.15, 0.2) is 11.5 Å². The number of carboxylic acids is 1. The first kappa shape index (κ1) is 26.1. The molecule has 1 heterocycles. The van der Waals surface area contributed by atoms with Gasteiger partial charge in [0.1, 0.15) is 5.75 Å². The molecule has 0 aromatic heterocycles. The first-order valence-corrected chi connectivity index (χ1v) is 12.8. The predicted molar refractivity (Wildman–Crippen MR) is 141 cm³/mol. The van der Waals surface area contributed by atoms with Crippen molar-refractivity contribution in [3.63, 3.8) is 0 Å². The lowest BCUT2D eigenvalue weighted by molar-refractivity contribution is -0.137. The summed E-state index contributed by atoms with van der Waals surface area (Å²) in [6, 6.07) is 21.3. The van der Waals surface area contributed by atoms with Gasteiger partial charge in [-0.2, -0.15) is 0 Å². The standard InChI is InChI=1S/C30H33NO6/c1-2-17-31(20-22-7-14-26(15-8-22)35-18-5-3-4-6-29(32)33)30(34)24-11-9-23(10-12-24)25-13-16-27-28(19-25)37-21-36-27/h7-16,19H,2-6,17-18,20-21H2,1H3,(H,32,33). The van der Waals surface area contributed by atoms with Gasteiger partial charge in [-0.3, -0.25) is 9.59 Å². The topological polar surface area (TPSA) is 85.3 Å². The van der Waals surface area contributed by atoms with Gasteiger partial charge < -0.3 is 24.2 Å². The highest BCUT2D eigenvalue weighted by Gasteiger charge is 2.17. The number of carbonyl (C=O) groups is 2. The van der Waals surface area contributed by atoms with Gasteiger partial charge in [0.25, 0.3) is 5.91 Å². The van der Waals surface area contributed by atoms with Crippen molar-refractivity contribution in [3.8, 4) is 28.4 Å². The van der Waals surface area contributed by atoms with E-state index in [1.807, 2.05) is 71.6 Å². The maximum Gasteiger partial charge on any atom is 0.303 e. The van der Waals surface area contributed by atoms with Gasteiger partial charge in [-0.15, -0.1) is 0 Å². The lowest BCUT2D eigenvalue weighted by atomic mass is 10.0. The van der Waals surface area contributed by atoms with Gasteiger partial charge in [-0.05, 0) is 78.8 Å². The van der Waals surface area contributed by atoms with Crippen LogP contribution in [0.15, 0.2) is 66.7 Å². The van der Waals surface area contributed by atoms with E-state index in [0.717, 1.165) is 53.2 Å². The third-order valence-electron chi connectivity index (χ3n) is 6.22. The van der Waals surface area contributed by atoms with Crippen LogP contribution in [0.2, 0.25) is 0 Å². The van der Waals surface area contributed by atoms with Crippen LogP contribution >= 0.6 is 0 Å². The Balaban J connectivity index is 1.32. The van der Waals surface area contributed by atoms with E-state index in [1.165, 1.54) is 0 Å². The number of carbonyl (C=O) groups excluding carboxylic acids is 1. The van der Waals surface area contributed by atoms with E-state index >= 15 is 0 Å². The minimum Gasteiger partial charge on any atom is -0.494 e. The summed E-state index contributed by atoms with van der Waals surface area (Å²) in [5.41, 5.74) is 3.71. The highest BCUT2D eigenvalue weighted by Crippen LogP contribution is 2.36. The van der Waals surface area contributed by atoms with Gasteiger partial charge >= 0.3 is 5.97 Å². The van der Waals surface area contributed by atoms with Crippen molar-refractivity contribution < 1.29 is 28.9 Å². The fourth-order valence-electron chi connectivity index (χ4n) is 4.24. The molecule has 3 aromatic carbocycles. The quantitative estimate of drug-likeness (QED) is 0.281. The smallest absolute Gasteiger partial charge is 0.303 e.